The SMILES string of the molecule is O=C(Nc1ccccc1-c1nc2ccc(CN3CCNCC3)cc2o1)c1ccc2ccccc2c1. The van der Waals surface area contributed by atoms with Crippen molar-refractivity contribution in [1.82, 2.24) is 15.2 Å². The highest BCUT2D eigenvalue weighted by atomic mass is 16.3. The van der Waals surface area contributed by atoms with Gasteiger partial charge in [0.15, 0.2) is 5.58 Å². The van der Waals surface area contributed by atoms with Crippen LogP contribution in [0.1, 0.15) is 15.9 Å². The minimum Gasteiger partial charge on any atom is -0.436 e. The number of nitrogens with one attached hydrogen (secondary N) is 2. The molecule has 0 radical (unpaired) electrons. The van der Waals surface area contributed by atoms with E-state index in [-0.39, 0.29) is 5.91 Å². The van der Waals surface area contributed by atoms with E-state index in [0.717, 1.165) is 60.2 Å². The van der Waals surface area contributed by atoms with Gasteiger partial charge in [0.25, 0.3) is 5.91 Å². The van der Waals surface area contributed by atoms with Crippen LogP contribution in [-0.2, 0) is 6.54 Å². The van der Waals surface area contributed by atoms with Crippen molar-refractivity contribution in [3.63, 3.8) is 0 Å². The van der Waals surface area contributed by atoms with Gasteiger partial charge in [-0.25, -0.2) is 4.98 Å². The number of carbonyl (C=O) groups excluding carboxylic acids is 1. The Hall–Kier alpha value is -4.00. The molecule has 0 spiro atoms. The second kappa shape index (κ2) is 9.33. The molecule has 0 atom stereocenters. The van der Waals surface area contributed by atoms with Crippen molar-refractivity contribution in [3.05, 3.63) is 96.1 Å². The van der Waals surface area contributed by atoms with Gasteiger partial charge in [0.1, 0.15) is 5.52 Å². The molecule has 2 N–H and O–H groups in total. The highest BCUT2D eigenvalue weighted by Gasteiger charge is 2.16. The van der Waals surface area contributed by atoms with Gasteiger partial charge in [0, 0.05) is 38.3 Å². The molecule has 1 amide bonds. The van der Waals surface area contributed by atoms with Crippen molar-refractivity contribution in [2.75, 3.05) is 31.5 Å². The molecule has 4 aromatic carbocycles. The number of para-hydroxylation sites is 1. The smallest absolute Gasteiger partial charge is 0.255 e. The van der Waals surface area contributed by atoms with Crippen LogP contribution in [-0.4, -0.2) is 42.0 Å². The zero-order chi connectivity index (χ0) is 23.6. The number of fused-ring (bicyclic) bond motifs is 2. The molecule has 6 rings (SSSR count). The van der Waals surface area contributed by atoms with Crippen LogP contribution >= 0.6 is 0 Å². The van der Waals surface area contributed by atoms with Crippen LogP contribution in [0.5, 0.6) is 0 Å². The summed E-state index contributed by atoms with van der Waals surface area (Å²) in [6, 6.07) is 27.5. The number of oxazole rings is 1. The lowest BCUT2D eigenvalue weighted by atomic mass is 10.1. The Kier molecular flexibility index (Phi) is 5.74. The minimum atomic E-state index is -0.169. The number of amides is 1. The van der Waals surface area contributed by atoms with Crippen LogP contribution in [0.4, 0.5) is 5.69 Å². The van der Waals surface area contributed by atoms with Crippen molar-refractivity contribution in [2.24, 2.45) is 0 Å². The van der Waals surface area contributed by atoms with Crippen LogP contribution in [0, 0.1) is 0 Å². The molecule has 2 heterocycles. The normalized spacial score (nSPS) is 14.4. The molecule has 1 saturated heterocycles. The number of nitrogens with zero attached hydrogens (tertiary/aromatic N) is 2. The van der Waals surface area contributed by atoms with Gasteiger partial charge in [0.05, 0.1) is 11.3 Å². The number of rotatable bonds is 5. The van der Waals surface area contributed by atoms with Crippen molar-refractivity contribution >= 4 is 33.5 Å². The molecule has 6 nitrogen and oxygen atoms in total. The van der Waals surface area contributed by atoms with Crippen LogP contribution < -0.4 is 10.6 Å². The van der Waals surface area contributed by atoms with Gasteiger partial charge in [0.2, 0.25) is 5.89 Å². The molecule has 0 bridgehead atoms. The number of hydrogen-bond acceptors (Lipinski definition) is 5. The molecular weight excluding hydrogens is 436 g/mol. The maximum absolute atomic E-state index is 13.1. The molecule has 1 aromatic heterocycles. The maximum atomic E-state index is 13.1. The average molecular weight is 463 g/mol. The van der Waals surface area contributed by atoms with E-state index in [2.05, 4.69) is 27.7 Å². The lowest BCUT2D eigenvalue weighted by molar-refractivity contribution is 0.102. The van der Waals surface area contributed by atoms with Crippen LogP contribution in [0.3, 0.4) is 0 Å². The van der Waals surface area contributed by atoms with Gasteiger partial charge in [-0.05, 0) is 52.7 Å². The van der Waals surface area contributed by atoms with Gasteiger partial charge >= 0.3 is 0 Å². The highest BCUT2D eigenvalue weighted by molar-refractivity contribution is 6.08. The van der Waals surface area contributed by atoms with Crippen molar-refractivity contribution in [1.29, 1.82) is 0 Å². The van der Waals surface area contributed by atoms with E-state index < -0.39 is 0 Å². The van der Waals surface area contributed by atoms with E-state index in [1.54, 1.807) is 0 Å². The predicted octanol–water partition coefficient (Wildman–Crippen LogP) is 5.31. The molecule has 0 unspecified atom stereocenters. The Morgan fingerprint density at radius 3 is 2.60 bits per heavy atom. The molecule has 6 heteroatoms. The number of carbonyl (C=O) groups is 1. The van der Waals surface area contributed by atoms with Crippen LogP contribution in [0.2, 0.25) is 0 Å². The van der Waals surface area contributed by atoms with Gasteiger partial charge < -0.3 is 15.1 Å². The first-order chi connectivity index (χ1) is 17.2. The molecule has 1 aliphatic rings. The fourth-order valence-electron chi connectivity index (χ4n) is 4.61. The number of piperazine rings is 1. The van der Waals surface area contributed by atoms with E-state index in [4.69, 9.17) is 9.40 Å². The first kappa shape index (κ1) is 21.5. The topological polar surface area (TPSA) is 70.4 Å². The number of hydrogen-bond donors (Lipinski definition) is 2. The number of anilines is 1. The van der Waals surface area contributed by atoms with E-state index in [1.807, 2.05) is 72.8 Å². The lowest BCUT2D eigenvalue weighted by Crippen LogP contribution is -2.42. The number of benzene rings is 4. The molecule has 35 heavy (non-hydrogen) atoms. The quantitative estimate of drug-likeness (QED) is 0.371. The zero-order valence-corrected chi connectivity index (χ0v) is 19.3. The van der Waals surface area contributed by atoms with Crippen molar-refractivity contribution in [2.45, 2.75) is 6.54 Å². The third kappa shape index (κ3) is 4.54. The van der Waals surface area contributed by atoms with Crippen molar-refractivity contribution < 1.29 is 9.21 Å². The summed E-state index contributed by atoms with van der Waals surface area (Å²) < 4.78 is 6.18. The summed E-state index contributed by atoms with van der Waals surface area (Å²) in [6.45, 7) is 5.03. The Morgan fingerprint density at radius 2 is 1.71 bits per heavy atom. The van der Waals surface area contributed by atoms with Crippen LogP contribution in [0.25, 0.3) is 33.3 Å². The highest BCUT2D eigenvalue weighted by Crippen LogP contribution is 2.31. The summed E-state index contributed by atoms with van der Waals surface area (Å²) in [6.07, 6.45) is 0. The second-order valence-corrected chi connectivity index (χ2v) is 8.91. The minimum absolute atomic E-state index is 0.169. The Labute approximate surface area is 203 Å². The third-order valence-electron chi connectivity index (χ3n) is 6.49. The van der Waals surface area contributed by atoms with Crippen molar-refractivity contribution in [3.8, 4) is 11.5 Å². The maximum Gasteiger partial charge on any atom is 0.255 e. The fraction of sp³-hybridized carbons (Fsp3) is 0.172. The van der Waals surface area contributed by atoms with Gasteiger partial charge in [-0.1, -0.05) is 48.5 Å². The van der Waals surface area contributed by atoms with E-state index in [0.29, 0.717) is 17.1 Å². The third-order valence-corrected chi connectivity index (χ3v) is 6.49. The van der Waals surface area contributed by atoms with E-state index >= 15 is 0 Å². The van der Waals surface area contributed by atoms with E-state index in [9.17, 15) is 4.79 Å². The predicted molar refractivity (Wildman–Crippen MR) is 139 cm³/mol. The molecule has 174 valence electrons. The monoisotopic (exact) mass is 462 g/mol. The summed E-state index contributed by atoms with van der Waals surface area (Å²) in [5, 5.41) is 8.57. The molecule has 1 fully saturated rings. The zero-order valence-electron chi connectivity index (χ0n) is 19.3. The Morgan fingerprint density at radius 1 is 0.914 bits per heavy atom. The van der Waals surface area contributed by atoms with Gasteiger partial charge in [-0.15, -0.1) is 0 Å². The first-order valence-corrected chi connectivity index (χ1v) is 11.9. The summed E-state index contributed by atoms with van der Waals surface area (Å²) in [7, 11) is 0. The first-order valence-electron chi connectivity index (χ1n) is 11.9. The largest absolute Gasteiger partial charge is 0.436 e. The molecule has 0 aliphatic carbocycles. The molecular formula is C29H26N4O2. The lowest BCUT2D eigenvalue weighted by Gasteiger charge is -2.27. The van der Waals surface area contributed by atoms with Crippen LogP contribution in [0.15, 0.2) is 89.3 Å². The second-order valence-electron chi connectivity index (χ2n) is 8.91. The molecule has 5 aromatic rings. The standard InChI is InChI=1S/C29H26N4O2/c34-28(23-11-10-21-5-1-2-6-22(21)18-23)31-25-8-4-3-7-24(25)29-32-26-12-9-20(17-27(26)35-29)19-33-15-13-30-14-16-33/h1-12,17-18,30H,13-16,19H2,(H,31,34). The molecule has 1 aliphatic heterocycles. The summed E-state index contributed by atoms with van der Waals surface area (Å²) in [4.78, 5) is 20.2. The summed E-state index contributed by atoms with van der Waals surface area (Å²) in [5.74, 6) is 0.325. The molecule has 0 saturated carbocycles. The Balaban J connectivity index is 1.26. The van der Waals surface area contributed by atoms with Gasteiger partial charge in [-0.2, -0.15) is 0 Å². The van der Waals surface area contributed by atoms with E-state index in [1.165, 1.54) is 5.56 Å². The Bertz CT molecular complexity index is 1520. The van der Waals surface area contributed by atoms with Gasteiger partial charge in [-0.3, -0.25) is 9.69 Å². The number of aromatic nitrogens is 1. The fourth-order valence-corrected chi connectivity index (χ4v) is 4.61. The summed E-state index contributed by atoms with van der Waals surface area (Å²) >= 11 is 0. The summed E-state index contributed by atoms with van der Waals surface area (Å²) in [5.41, 5.74) is 4.79. The average Bonchev–Trinajstić information content (AvgIpc) is 3.32.